The van der Waals surface area contributed by atoms with Gasteiger partial charge in [-0.2, -0.15) is 0 Å². The van der Waals surface area contributed by atoms with Crippen molar-refractivity contribution in [1.29, 1.82) is 0 Å². The zero-order chi connectivity index (χ0) is 9.84. The van der Waals surface area contributed by atoms with Crippen LogP contribution in [0.2, 0.25) is 0 Å². The van der Waals surface area contributed by atoms with Crippen LogP contribution in [-0.2, 0) is 0 Å². The Labute approximate surface area is 84.1 Å². The summed E-state index contributed by atoms with van der Waals surface area (Å²) in [5.41, 5.74) is 0. The van der Waals surface area contributed by atoms with E-state index in [9.17, 15) is 0 Å². The van der Waals surface area contributed by atoms with Crippen LogP contribution in [0.4, 0.5) is 0 Å². The molecule has 0 heteroatoms. The number of hydrogen-bond acceptors (Lipinski definition) is 0. The van der Waals surface area contributed by atoms with E-state index in [1.54, 1.807) is 0 Å². The van der Waals surface area contributed by atoms with Crippen molar-refractivity contribution in [2.24, 2.45) is 23.7 Å². The zero-order valence-corrected chi connectivity index (χ0v) is 9.84. The van der Waals surface area contributed by atoms with E-state index in [0.29, 0.717) is 0 Å². The first-order chi connectivity index (χ1) is 6.09. The molecule has 0 aliphatic heterocycles. The van der Waals surface area contributed by atoms with Gasteiger partial charge in [0, 0.05) is 0 Å². The maximum absolute atomic E-state index is 2.46. The van der Waals surface area contributed by atoms with Crippen LogP contribution in [0.5, 0.6) is 0 Å². The lowest BCUT2D eigenvalue weighted by atomic mass is 9.75. The van der Waals surface area contributed by atoms with E-state index in [0.717, 1.165) is 23.7 Å². The van der Waals surface area contributed by atoms with Gasteiger partial charge >= 0.3 is 0 Å². The molecule has 0 aromatic heterocycles. The minimum Gasteiger partial charge on any atom is -0.0628 e. The van der Waals surface area contributed by atoms with Crippen molar-refractivity contribution in [3.8, 4) is 0 Å². The number of rotatable bonds is 3. The van der Waals surface area contributed by atoms with E-state index in [4.69, 9.17) is 0 Å². The zero-order valence-electron chi connectivity index (χ0n) is 9.84. The first-order valence-corrected chi connectivity index (χ1v) is 6.09. The molecule has 0 saturated heterocycles. The fraction of sp³-hybridized carbons (Fsp3) is 1.00. The van der Waals surface area contributed by atoms with Gasteiger partial charge in [0.1, 0.15) is 0 Å². The second kappa shape index (κ2) is 5.02. The highest BCUT2D eigenvalue weighted by atomic mass is 14.3. The summed E-state index contributed by atoms with van der Waals surface area (Å²) in [5, 5.41) is 0. The van der Waals surface area contributed by atoms with E-state index >= 15 is 0 Å². The predicted octanol–water partition coefficient (Wildman–Crippen LogP) is 4.49. The molecule has 1 aliphatic rings. The third kappa shape index (κ3) is 3.70. The highest BCUT2D eigenvalue weighted by Gasteiger charge is 2.23. The van der Waals surface area contributed by atoms with Crippen LogP contribution >= 0.6 is 0 Å². The molecular weight excluding hydrogens is 156 g/mol. The highest BCUT2D eigenvalue weighted by molar-refractivity contribution is 4.74. The average Bonchev–Trinajstić information content (AvgIpc) is 2.04. The molecule has 0 unspecified atom stereocenters. The second-order valence-electron chi connectivity index (χ2n) is 5.63. The van der Waals surface area contributed by atoms with E-state index in [1.165, 1.54) is 32.1 Å². The van der Waals surface area contributed by atoms with Crippen LogP contribution in [0.1, 0.15) is 59.8 Å². The predicted molar refractivity (Wildman–Crippen MR) is 59.7 cm³/mol. The Bertz CT molecular complexity index is 129. The van der Waals surface area contributed by atoms with Crippen molar-refractivity contribution < 1.29 is 0 Å². The lowest BCUT2D eigenvalue weighted by Gasteiger charge is -2.31. The lowest BCUT2D eigenvalue weighted by molar-refractivity contribution is 0.203. The molecule has 0 amide bonds. The molecule has 13 heavy (non-hydrogen) atoms. The first kappa shape index (κ1) is 11.1. The van der Waals surface area contributed by atoms with Crippen LogP contribution < -0.4 is 0 Å². The minimum absolute atomic E-state index is 0.884. The van der Waals surface area contributed by atoms with E-state index in [2.05, 4.69) is 27.7 Å². The van der Waals surface area contributed by atoms with Gasteiger partial charge in [-0.05, 0) is 42.9 Å². The summed E-state index contributed by atoms with van der Waals surface area (Å²) < 4.78 is 0. The molecule has 1 aliphatic carbocycles. The monoisotopic (exact) mass is 182 g/mol. The van der Waals surface area contributed by atoms with E-state index in [1.807, 2.05) is 0 Å². The van der Waals surface area contributed by atoms with Gasteiger partial charge in [0.05, 0.1) is 0 Å². The fourth-order valence-corrected chi connectivity index (χ4v) is 2.79. The lowest BCUT2D eigenvalue weighted by Crippen LogP contribution is -2.20. The van der Waals surface area contributed by atoms with Crippen LogP contribution in [0, 0.1) is 23.7 Å². The Hall–Kier alpha value is 0. The summed E-state index contributed by atoms with van der Waals surface area (Å²) in [6, 6.07) is 0. The largest absolute Gasteiger partial charge is 0.0628 e. The molecule has 1 saturated carbocycles. The van der Waals surface area contributed by atoms with Gasteiger partial charge in [-0.1, -0.05) is 40.5 Å². The van der Waals surface area contributed by atoms with Gasteiger partial charge < -0.3 is 0 Å². The molecular formula is C13H26. The first-order valence-electron chi connectivity index (χ1n) is 6.09. The molecule has 0 radical (unpaired) electrons. The Morgan fingerprint density at radius 1 is 1.00 bits per heavy atom. The summed E-state index contributed by atoms with van der Waals surface area (Å²) >= 11 is 0. The summed E-state index contributed by atoms with van der Waals surface area (Å²) in [7, 11) is 0. The van der Waals surface area contributed by atoms with Gasteiger partial charge in [-0.3, -0.25) is 0 Å². The maximum Gasteiger partial charge on any atom is -0.0388 e. The van der Waals surface area contributed by atoms with Crippen molar-refractivity contribution in [1.82, 2.24) is 0 Å². The topological polar surface area (TPSA) is 0 Å². The molecule has 1 rings (SSSR count). The summed E-state index contributed by atoms with van der Waals surface area (Å²) in [4.78, 5) is 0. The van der Waals surface area contributed by atoms with Crippen LogP contribution in [0.3, 0.4) is 0 Å². The Kier molecular flexibility index (Phi) is 4.28. The van der Waals surface area contributed by atoms with Gasteiger partial charge in [-0.25, -0.2) is 0 Å². The Balaban J connectivity index is 2.27. The normalized spacial score (nSPS) is 32.1. The van der Waals surface area contributed by atoms with Gasteiger partial charge in [0.25, 0.3) is 0 Å². The molecule has 0 nitrogen and oxygen atoms in total. The van der Waals surface area contributed by atoms with Crippen molar-refractivity contribution in [3.05, 3.63) is 0 Å². The molecule has 0 aromatic rings. The van der Waals surface area contributed by atoms with Gasteiger partial charge in [0.15, 0.2) is 0 Å². The van der Waals surface area contributed by atoms with Crippen molar-refractivity contribution >= 4 is 0 Å². The van der Waals surface area contributed by atoms with Crippen LogP contribution in [-0.4, -0.2) is 0 Å². The third-order valence-electron chi connectivity index (χ3n) is 3.71. The van der Waals surface area contributed by atoms with Crippen molar-refractivity contribution in [2.45, 2.75) is 59.8 Å². The Morgan fingerprint density at radius 2 is 1.54 bits per heavy atom. The summed E-state index contributed by atoms with van der Waals surface area (Å²) in [6.07, 6.45) is 7.38. The molecule has 1 fully saturated rings. The molecule has 0 heterocycles. The van der Waals surface area contributed by atoms with Crippen LogP contribution in [0.15, 0.2) is 0 Å². The fourth-order valence-electron chi connectivity index (χ4n) is 2.79. The average molecular weight is 182 g/mol. The van der Waals surface area contributed by atoms with E-state index < -0.39 is 0 Å². The van der Waals surface area contributed by atoms with Gasteiger partial charge in [0.2, 0.25) is 0 Å². The van der Waals surface area contributed by atoms with Crippen molar-refractivity contribution in [3.63, 3.8) is 0 Å². The molecule has 0 aromatic carbocycles. The quantitative estimate of drug-likeness (QED) is 0.603. The Morgan fingerprint density at radius 3 is 2.00 bits per heavy atom. The maximum atomic E-state index is 2.46. The highest BCUT2D eigenvalue weighted by Crippen LogP contribution is 2.35. The molecule has 0 N–H and O–H groups in total. The molecule has 0 bridgehead atoms. The summed E-state index contributed by atoms with van der Waals surface area (Å²) in [5.74, 6) is 3.89. The van der Waals surface area contributed by atoms with Crippen LogP contribution in [0.25, 0.3) is 0 Å². The SMILES string of the molecule is CC(C)C[C@H](C)C1CCC(C)CC1. The van der Waals surface area contributed by atoms with Gasteiger partial charge in [-0.15, -0.1) is 0 Å². The summed E-state index contributed by atoms with van der Waals surface area (Å²) in [6.45, 7) is 9.56. The standard InChI is InChI=1S/C13H26/c1-10(2)9-12(4)13-7-5-11(3)6-8-13/h10-13H,5-9H2,1-4H3/t11?,12-,13?/m0/s1. The molecule has 78 valence electrons. The molecule has 0 spiro atoms. The van der Waals surface area contributed by atoms with Crippen molar-refractivity contribution in [2.75, 3.05) is 0 Å². The molecule has 1 atom stereocenters. The second-order valence-corrected chi connectivity index (χ2v) is 5.63. The smallest absolute Gasteiger partial charge is 0.0388 e. The third-order valence-corrected chi connectivity index (χ3v) is 3.71. The minimum atomic E-state index is 0.884. The number of hydrogen-bond donors (Lipinski definition) is 0. The van der Waals surface area contributed by atoms with E-state index in [-0.39, 0.29) is 0 Å².